The van der Waals surface area contributed by atoms with E-state index in [1.807, 2.05) is 0 Å². The van der Waals surface area contributed by atoms with E-state index in [0.29, 0.717) is 12.7 Å². The van der Waals surface area contributed by atoms with Crippen molar-refractivity contribution < 1.29 is 0 Å². The Kier molecular flexibility index (Phi) is 11.3. The average Bonchev–Trinajstić information content (AvgIpc) is 2.29. The highest BCUT2D eigenvalue weighted by Gasteiger charge is 2.14. The van der Waals surface area contributed by atoms with Gasteiger partial charge in [-0.05, 0) is 19.3 Å². The summed E-state index contributed by atoms with van der Waals surface area (Å²) in [5, 5.41) is 2.32. The molecule has 1 radical (unpaired) electrons. The van der Waals surface area contributed by atoms with Crippen molar-refractivity contribution in [2.75, 3.05) is 13.2 Å². The lowest BCUT2D eigenvalue weighted by atomic mass is 10.0. The molecule has 0 fully saturated rings. The molecule has 0 aliphatic carbocycles. The summed E-state index contributed by atoms with van der Waals surface area (Å²) in [6, 6.07) is 0.633. The fourth-order valence-corrected chi connectivity index (χ4v) is 2.06. The van der Waals surface area contributed by atoms with E-state index in [4.69, 9.17) is 5.73 Å². The number of nitrogens with zero attached hydrogens (tertiary/aromatic N) is 1. The molecule has 0 aromatic carbocycles. The van der Waals surface area contributed by atoms with Crippen LogP contribution in [-0.4, -0.2) is 24.3 Å². The van der Waals surface area contributed by atoms with Gasteiger partial charge in [-0.25, -0.2) is 10.4 Å². The van der Waals surface area contributed by atoms with Crippen LogP contribution in [0.4, 0.5) is 0 Å². The number of hydrazine groups is 1. The standard InChI is InChI=1S/C13H30N3/c1-4-7-8-9-10-13(6-3)16(11-5-2)15-12-14/h13,15H,1,4-12,14H2,2-3H3. The Morgan fingerprint density at radius 3 is 2.50 bits per heavy atom. The summed E-state index contributed by atoms with van der Waals surface area (Å²) in [6.07, 6.45) is 8.57. The van der Waals surface area contributed by atoms with Crippen LogP contribution in [0.5, 0.6) is 0 Å². The van der Waals surface area contributed by atoms with E-state index in [-0.39, 0.29) is 0 Å². The SMILES string of the molecule is [CH2]CCCCCC(CC)N(CCC)NCN. The quantitative estimate of drug-likeness (QED) is 0.324. The fraction of sp³-hybridized carbons (Fsp3) is 0.923. The van der Waals surface area contributed by atoms with Crippen molar-refractivity contribution in [3.8, 4) is 0 Å². The maximum absolute atomic E-state index is 5.57. The third-order valence-corrected chi connectivity index (χ3v) is 2.96. The van der Waals surface area contributed by atoms with Gasteiger partial charge in [-0.1, -0.05) is 46.5 Å². The summed E-state index contributed by atoms with van der Waals surface area (Å²) in [4.78, 5) is 0. The minimum absolute atomic E-state index is 0.537. The van der Waals surface area contributed by atoms with Crippen LogP contribution in [0.25, 0.3) is 0 Å². The highest BCUT2D eigenvalue weighted by molar-refractivity contribution is 4.67. The first-order valence-corrected chi connectivity index (χ1v) is 6.79. The molecule has 97 valence electrons. The molecule has 0 amide bonds. The summed E-state index contributed by atoms with van der Waals surface area (Å²) in [7, 11) is 0. The Balaban J connectivity index is 3.89. The van der Waals surface area contributed by atoms with Crippen molar-refractivity contribution in [2.24, 2.45) is 5.73 Å². The van der Waals surface area contributed by atoms with Crippen molar-refractivity contribution >= 4 is 0 Å². The van der Waals surface area contributed by atoms with Gasteiger partial charge in [0.25, 0.3) is 0 Å². The summed E-state index contributed by atoms with van der Waals surface area (Å²) in [5.41, 5.74) is 8.84. The summed E-state index contributed by atoms with van der Waals surface area (Å²) < 4.78 is 0. The zero-order valence-corrected chi connectivity index (χ0v) is 11.2. The van der Waals surface area contributed by atoms with Gasteiger partial charge in [0.15, 0.2) is 0 Å². The molecule has 1 unspecified atom stereocenters. The molecule has 0 aromatic heterocycles. The van der Waals surface area contributed by atoms with Gasteiger partial charge in [0, 0.05) is 12.6 Å². The highest BCUT2D eigenvalue weighted by Crippen LogP contribution is 2.12. The maximum atomic E-state index is 5.57. The number of nitrogens with two attached hydrogens (primary N) is 1. The second-order valence-corrected chi connectivity index (χ2v) is 4.32. The topological polar surface area (TPSA) is 41.3 Å². The van der Waals surface area contributed by atoms with Crippen LogP contribution < -0.4 is 11.2 Å². The molecule has 0 aliphatic rings. The van der Waals surface area contributed by atoms with Gasteiger partial charge in [-0.3, -0.25) is 0 Å². The van der Waals surface area contributed by atoms with Crippen molar-refractivity contribution in [1.29, 1.82) is 0 Å². The van der Waals surface area contributed by atoms with Crippen molar-refractivity contribution in [3.63, 3.8) is 0 Å². The first-order valence-electron chi connectivity index (χ1n) is 6.79. The average molecular weight is 228 g/mol. The number of unbranched alkanes of at least 4 members (excludes halogenated alkanes) is 3. The van der Waals surface area contributed by atoms with E-state index in [2.05, 4.69) is 31.2 Å². The number of hydrogen-bond donors (Lipinski definition) is 2. The highest BCUT2D eigenvalue weighted by atomic mass is 15.5. The Bertz CT molecular complexity index is 133. The Labute approximate surface area is 102 Å². The van der Waals surface area contributed by atoms with Crippen LogP contribution in [0.2, 0.25) is 0 Å². The first-order chi connectivity index (χ1) is 7.79. The predicted octanol–water partition coefficient (Wildman–Crippen LogP) is 2.68. The maximum Gasteiger partial charge on any atom is 0.0567 e. The number of rotatable bonds is 11. The molecule has 1 atom stereocenters. The fourth-order valence-electron chi connectivity index (χ4n) is 2.06. The second-order valence-electron chi connectivity index (χ2n) is 4.32. The van der Waals surface area contributed by atoms with Gasteiger partial charge >= 0.3 is 0 Å². The minimum atomic E-state index is 0.537. The van der Waals surface area contributed by atoms with E-state index >= 15 is 0 Å². The van der Waals surface area contributed by atoms with Gasteiger partial charge < -0.3 is 5.73 Å². The van der Waals surface area contributed by atoms with Gasteiger partial charge in [-0.15, -0.1) is 0 Å². The predicted molar refractivity (Wildman–Crippen MR) is 71.7 cm³/mol. The molecule has 3 nitrogen and oxygen atoms in total. The lowest BCUT2D eigenvalue weighted by Gasteiger charge is -2.31. The van der Waals surface area contributed by atoms with Gasteiger partial charge in [0.2, 0.25) is 0 Å². The third-order valence-electron chi connectivity index (χ3n) is 2.96. The molecule has 0 rings (SSSR count). The van der Waals surface area contributed by atoms with E-state index < -0.39 is 0 Å². The van der Waals surface area contributed by atoms with Crippen molar-refractivity contribution in [3.05, 3.63) is 6.92 Å². The Morgan fingerprint density at radius 1 is 1.25 bits per heavy atom. The molecule has 0 bridgehead atoms. The van der Waals surface area contributed by atoms with Gasteiger partial charge in [0.05, 0.1) is 6.67 Å². The number of hydrogen-bond acceptors (Lipinski definition) is 3. The normalized spacial score (nSPS) is 13.3. The minimum Gasteiger partial charge on any atom is -0.317 e. The lowest BCUT2D eigenvalue weighted by molar-refractivity contribution is 0.112. The zero-order chi connectivity index (χ0) is 12.2. The van der Waals surface area contributed by atoms with Crippen LogP contribution in [0, 0.1) is 6.92 Å². The monoisotopic (exact) mass is 228 g/mol. The van der Waals surface area contributed by atoms with Gasteiger partial charge in [-0.2, -0.15) is 0 Å². The van der Waals surface area contributed by atoms with Gasteiger partial charge in [0.1, 0.15) is 0 Å². The van der Waals surface area contributed by atoms with Crippen molar-refractivity contribution in [1.82, 2.24) is 10.4 Å². The summed E-state index contributed by atoms with van der Waals surface area (Å²) >= 11 is 0. The number of nitrogens with one attached hydrogen (secondary N) is 1. The van der Waals surface area contributed by atoms with E-state index in [1.54, 1.807) is 0 Å². The zero-order valence-electron chi connectivity index (χ0n) is 11.2. The molecule has 0 heterocycles. The molecular formula is C13H30N3. The van der Waals surface area contributed by atoms with Crippen LogP contribution in [0.15, 0.2) is 0 Å². The molecule has 0 aromatic rings. The molecule has 3 N–H and O–H groups in total. The molecule has 16 heavy (non-hydrogen) atoms. The van der Waals surface area contributed by atoms with E-state index in [1.165, 1.54) is 38.5 Å². The van der Waals surface area contributed by atoms with E-state index in [9.17, 15) is 0 Å². The summed E-state index contributed by atoms with van der Waals surface area (Å²) in [6.45, 7) is 9.97. The molecule has 0 saturated heterocycles. The summed E-state index contributed by atoms with van der Waals surface area (Å²) in [5.74, 6) is 0. The molecule has 3 heteroatoms. The lowest BCUT2D eigenvalue weighted by Crippen LogP contribution is -2.48. The van der Waals surface area contributed by atoms with Crippen molar-refractivity contribution in [2.45, 2.75) is 64.8 Å². The Hall–Kier alpha value is -0.120. The van der Waals surface area contributed by atoms with Crippen LogP contribution in [-0.2, 0) is 0 Å². The van der Waals surface area contributed by atoms with Crippen LogP contribution in [0.3, 0.4) is 0 Å². The second kappa shape index (κ2) is 11.4. The van der Waals surface area contributed by atoms with E-state index in [0.717, 1.165) is 13.0 Å². The largest absolute Gasteiger partial charge is 0.317 e. The molecule has 0 aliphatic heterocycles. The molecular weight excluding hydrogens is 198 g/mol. The van der Waals surface area contributed by atoms with Crippen LogP contribution in [0.1, 0.15) is 58.8 Å². The van der Waals surface area contributed by atoms with Crippen LogP contribution >= 0.6 is 0 Å². The molecule has 0 saturated carbocycles. The third kappa shape index (κ3) is 7.20. The Morgan fingerprint density at radius 2 is 2.00 bits per heavy atom. The first kappa shape index (κ1) is 15.9. The smallest absolute Gasteiger partial charge is 0.0567 e. The molecule has 0 spiro atoms.